The number of benzene rings is 2. The predicted molar refractivity (Wildman–Crippen MR) is 105 cm³/mol. The number of thiazole rings is 1. The molecule has 0 aliphatic carbocycles. The molecule has 1 aromatic heterocycles. The molecule has 0 saturated carbocycles. The minimum atomic E-state index is -0.713. The van der Waals surface area contributed by atoms with Crippen molar-refractivity contribution in [1.82, 2.24) is 4.57 Å². The van der Waals surface area contributed by atoms with Crippen molar-refractivity contribution in [3.05, 3.63) is 61.4 Å². The first-order chi connectivity index (χ1) is 12.9. The fraction of sp³-hybridized carbons (Fsp3) is 0.222. The molecule has 7 nitrogen and oxygen atoms in total. The summed E-state index contributed by atoms with van der Waals surface area (Å²) in [4.78, 5) is 27.9. The van der Waals surface area contributed by atoms with Crippen LogP contribution in [0.1, 0.15) is 22.8 Å². The molecule has 0 bridgehead atoms. The molecule has 0 aliphatic rings. The van der Waals surface area contributed by atoms with Gasteiger partial charge in [-0.05, 0) is 37.6 Å². The Morgan fingerprint density at radius 1 is 1.37 bits per heavy atom. The molecule has 1 heterocycles. The Morgan fingerprint density at radius 2 is 2.11 bits per heavy atom. The van der Waals surface area contributed by atoms with Crippen LogP contribution in [0.2, 0.25) is 5.02 Å². The first-order valence-corrected chi connectivity index (χ1v) is 9.26. The van der Waals surface area contributed by atoms with E-state index in [4.69, 9.17) is 16.3 Å². The Hall–Kier alpha value is -2.71. The van der Waals surface area contributed by atoms with Gasteiger partial charge in [0.15, 0.2) is 4.80 Å². The summed E-state index contributed by atoms with van der Waals surface area (Å²) in [6, 6.07) is 7.64. The van der Waals surface area contributed by atoms with Gasteiger partial charge >= 0.3 is 0 Å². The molecule has 3 rings (SSSR count). The molecule has 0 unspecified atom stereocenters. The summed E-state index contributed by atoms with van der Waals surface area (Å²) >= 11 is 7.25. The van der Waals surface area contributed by atoms with Gasteiger partial charge in [0.1, 0.15) is 16.8 Å². The van der Waals surface area contributed by atoms with Crippen LogP contribution < -0.4 is 9.54 Å². The molecule has 0 saturated heterocycles. The number of carbonyl (C=O) groups excluding carboxylic acids is 1. The van der Waals surface area contributed by atoms with Crippen molar-refractivity contribution < 1.29 is 14.5 Å². The van der Waals surface area contributed by atoms with E-state index >= 15 is 0 Å². The van der Waals surface area contributed by atoms with Crippen LogP contribution >= 0.6 is 22.9 Å². The second-order valence-electron chi connectivity index (χ2n) is 5.73. The maximum absolute atomic E-state index is 12.7. The lowest BCUT2D eigenvalue weighted by Crippen LogP contribution is -2.16. The van der Waals surface area contributed by atoms with Crippen molar-refractivity contribution in [2.45, 2.75) is 20.4 Å². The van der Waals surface area contributed by atoms with Gasteiger partial charge in [0, 0.05) is 17.6 Å². The number of aromatic nitrogens is 1. The summed E-state index contributed by atoms with van der Waals surface area (Å²) < 4.78 is 8.26. The number of hydrogen-bond donors (Lipinski definition) is 0. The molecule has 2 aromatic carbocycles. The van der Waals surface area contributed by atoms with E-state index in [0.717, 1.165) is 15.8 Å². The van der Waals surface area contributed by atoms with Crippen molar-refractivity contribution in [3.63, 3.8) is 0 Å². The molecule has 0 radical (unpaired) electrons. The summed E-state index contributed by atoms with van der Waals surface area (Å²) in [5.41, 5.74) is 1.40. The Balaban J connectivity index is 2.26. The monoisotopic (exact) mass is 405 g/mol. The van der Waals surface area contributed by atoms with Crippen LogP contribution in [0.5, 0.6) is 5.75 Å². The highest BCUT2D eigenvalue weighted by molar-refractivity contribution is 7.16. The fourth-order valence-electron chi connectivity index (χ4n) is 2.81. The Labute approximate surface area is 163 Å². The standard InChI is InChI=1S/C18H16ClN3O4S/c1-4-21-15-14(26-3)8-5-10(2)16(15)27-18(21)20-17(23)12-9-11(19)6-7-13(12)22(24)25/h5-9H,4H2,1-3H3. The summed E-state index contributed by atoms with van der Waals surface area (Å²) in [6.07, 6.45) is 0. The normalized spacial score (nSPS) is 11.8. The third-order valence-electron chi connectivity index (χ3n) is 4.10. The predicted octanol–water partition coefficient (Wildman–Crippen LogP) is 4.34. The number of aryl methyl sites for hydroxylation is 2. The molecule has 3 aromatic rings. The molecule has 0 aliphatic heterocycles. The van der Waals surface area contributed by atoms with E-state index in [9.17, 15) is 14.9 Å². The number of rotatable bonds is 4. The number of halogens is 1. The third-order valence-corrected chi connectivity index (χ3v) is 5.55. The van der Waals surface area contributed by atoms with Gasteiger partial charge in [-0.25, -0.2) is 0 Å². The highest BCUT2D eigenvalue weighted by Gasteiger charge is 2.21. The Kier molecular flexibility index (Phi) is 5.29. The van der Waals surface area contributed by atoms with Crippen molar-refractivity contribution in [1.29, 1.82) is 0 Å². The topological polar surface area (TPSA) is 86.7 Å². The minimum absolute atomic E-state index is 0.142. The average Bonchev–Trinajstić information content (AvgIpc) is 3.00. The largest absolute Gasteiger partial charge is 0.495 e. The van der Waals surface area contributed by atoms with Crippen molar-refractivity contribution in [2.75, 3.05) is 7.11 Å². The van der Waals surface area contributed by atoms with E-state index in [0.29, 0.717) is 17.1 Å². The zero-order valence-corrected chi connectivity index (χ0v) is 16.4. The van der Waals surface area contributed by atoms with Crippen molar-refractivity contribution >= 4 is 44.7 Å². The molecule has 0 atom stereocenters. The van der Waals surface area contributed by atoms with Crippen LogP contribution in [0.3, 0.4) is 0 Å². The first kappa shape index (κ1) is 19.1. The smallest absolute Gasteiger partial charge is 0.286 e. The molecular weight excluding hydrogens is 390 g/mol. The maximum atomic E-state index is 12.7. The molecule has 1 amide bonds. The van der Waals surface area contributed by atoms with Gasteiger partial charge < -0.3 is 9.30 Å². The van der Waals surface area contributed by atoms with Crippen LogP contribution in [-0.2, 0) is 6.54 Å². The van der Waals surface area contributed by atoms with Gasteiger partial charge in [0.2, 0.25) is 0 Å². The van der Waals surface area contributed by atoms with Gasteiger partial charge in [0.25, 0.3) is 11.6 Å². The van der Waals surface area contributed by atoms with Gasteiger partial charge in [0.05, 0.1) is 16.7 Å². The Morgan fingerprint density at radius 3 is 2.74 bits per heavy atom. The van der Waals surface area contributed by atoms with E-state index in [2.05, 4.69) is 4.99 Å². The molecule has 0 N–H and O–H groups in total. The van der Waals surface area contributed by atoms with E-state index in [1.54, 1.807) is 7.11 Å². The zero-order valence-electron chi connectivity index (χ0n) is 14.9. The molecule has 27 heavy (non-hydrogen) atoms. The van der Waals surface area contributed by atoms with E-state index in [1.165, 1.54) is 29.5 Å². The lowest BCUT2D eigenvalue weighted by molar-refractivity contribution is -0.385. The number of carbonyl (C=O) groups is 1. The zero-order chi connectivity index (χ0) is 19.7. The quantitative estimate of drug-likeness (QED) is 0.477. The van der Waals surface area contributed by atoms with Crippen LogP contribution in [0, 0.1) is 17.0 Å². The number of hydrogen-bond acceptors (Lipinski definition) is 5. The van der Waals surface area contributed by atoms with E-state index in [-0.39, 0.29) is 16.3 Å². The van der Waals surface area contributed by atoms with Gasteiger partial charge in [-0.15, -0.1) is 0 Å². The number of fused-ring (bicyclic) bond motifs is 1. The lowest BCUT2D eigenvalue weighted by Gasteiger charge is -2.07. The minimum Gasteiger partial charge on any atom is -0.495 e. The molecule has 9 heteroatoms. The number of nitro benzene ring substituents is 1. The van der Waals surface area contributed by atoms with Crippen LogP contribution in [0.25, 0.3) is 10.2 Å². The lowest BCUT2D eigenvalue weighted by atomic mass is 10.2. The SMILES string of the molecule is CCn1c(=NC(=O)c2cc(Cl)ccc2[N+](=O)[O-])sc2c(C)ccc(OC)c21. The van der Waals surface area contributed by atoms with Crippen LogP contribution in [0.4, 0.5) is 5.69 Å². The van der Waals surface area contributed by atoms with Crippen LogP contribution in [0.15, 0.2) is 35.3 Å². The van der Waals surface area contributed by atoms with Crippen molar-refractivity contribution in [2.24, 2.45) is 4.99 Å². The number of nitro groups is 1. The number of methoxy groups -OCH3 is 1. The van der Waals surface area contributed by atoms with Gasteiger partial charge in [-0.1, -0.05) is 29.0 Å². The van der Waals surface area contributed by atoms with Crippen LogP contribution in [-0.4, -0.2) is 22.5 Å². The molecule has 140 valence electrons. The fourth-order valence-corrected chi connectivity index (χ4v) is 4.16. The molecular formula is C18H16ClN3O4S. The summed E-state index contributed by atoms with van der Waals surface area (Å²) in [6.45, 7) is 4.45. The second-order valence-corrected chi connectivity index (χ2v) is 7.14. The van der Waals surface area contributed by atoms with E-state index < -0.39 is 10.8 Å². The summed E-state index contributed by atoms with van der Waals surface area (Å²) in [5.74, 6) is -0.0362. The van der Waals surface area contributed by atoms with Gasteiger partial charge in [-0.2, -0.15) is 4.99 Å². The van der Waals surface area contributed by atoms with Gasteiger partial charge in [-0.3, -0.25) is 14.9 Å². The van der Waals surface area contributed by atoms with Crippen molar-refractivity contribution in [3.8, 4) is 5.75 Å². The number of amides is 1. The number of ether oxygens (including phenoxy) is 1. The molecule has 0 spiro atoms. The maximum Gasteiger partial charge on any atom is 0.286 e. The molecule has 0 fully saturated rings. The summed E-state index contributed by atoms with van der Waals surface area (Å²) in [7, 11) is 1.58. The highest BCUT2D eigenvalue weighted by atomic mass is 35.5. The third kappa shape index (κ3) is 3.45. The highest BCUT2D eigenvalue weighted by Crippen LogP contribution is 2.30. The second kappa shape index (κ2) is 7.50. The Bertz CT molecular complexity index is 1130. The average molecular weight is 406 g/mol. The summed E-state index contributed by atoms with van der Waals surface area (Å²) in [5, 5.41) is 11.5. The van der Waals surface area contributed by atoms with E-state index in [1.807, 2.05) is 30.5 Å². The number of nitrogens with zero attached hydrogens (tertiary/aromatic N) is 3. The first-order valence-electron chi connectivity index (χ1n) is 8.07.